The number of H-pyrrole nitrogens is 2. The Morgan fingerprint density at radius 3 is 1.68 bits per heavy atom. The zero-order valence-corrected chi connectivity index (χ0v) is 18.5. The molecule has 6 heterocycles. The fourth-order valence-electron chi connectivity index (χ4n) is 4.15. The van der Waals surface area contributed by atoms with Crippen LogP contribution in [0.5, 0.6) is 0 Å². The fourth-order valence-corrected chi connectivity index (χ4v) is 4.15. The number of aromatic nitrogens is 4. The first-order valence-corrected chi connectivity index (χ1v) is 11.3. The Morgan fingerprint density at radius 2 is 1.09 bits per heavy atom. The van der Waals surface area contributed by atoms with Gasteiger partial charge in [-0.05, 0) is 84.5 Å². The highest BCUT2D eigenvalue weighted by atomic mass is 15.1. The summed E-state index contributed by atoms with van der Waals surface area (Å²) in [4.78, 5) is 16.0. The molecule has 3 aliphatic rings. The first-order valence-electron chi connectivity index (χ1n) is 11.3. The van der Waals surface area contributed by atoms with Crippen molar-refractivity contribution in [3.05, 3.63) is 101 Å². The maximum Gasteiger partial charge on any atom is 0.0659 e. The number of aromatic amines is 2. The molecule has 4 aromatic rings. The van der Waals surface area contributed by atoms with Crippen LogP contribution >= 0.6 is 0 Å². The van der Waals surface area contributed by atoms with Gasteiger partial charge in [-0.1, -0.05) is 18.2 Å². The molecule has 0 unspecified atom stereocenters. The van der Waals surface area contributed by atoms with E-state index in [-0.39, 0.29) is 0 Å². The molecule has 0 atom stereocenters. The molecule has 8 bridgehead atoms. The SMILES string of the molecule is C1=Cc2cc3ccc(cc4ccc(cc5nc(cc1n2)C=C5)[nH]4)[nH]3.c1ccc2c(c1)CNCN2. The monoisotopic (exact) mass is 444 g/mol. The van der Waals surface area contributed by atoms with E-state index in [9.17, 15) is 0 Å². The number of benzene rings is 1. The highest BCUT2D eigenvalue weighted by Crippen LogP contribution is 2.18. The van der Waals surface area contributed by atoms with E-state index < -0.39 is 0 Å². The number of anilines is 1. The van der Waals surface area contributed by atoms with Gasteiger partial charge in [-0.2, -0.15) is 0 Å². The quantitative estimate of drug-likeness (QED) is 0.238. The molecule has 166 valence electrons. The Labute approximate surface area is 197 Å². The van der Waals surface area contributed by atoms with E-state index >= 15 is 0 Å². The first kappa shape index (κ1) is 20.2. The van der Waals surface area contributed by atoms with E-state index in [1.165, 1.54) is 11.3 Å². The van der Waals surface area contributed by atoms with Crippen LogP contribution in [-0.4, -0.2) is 26.6 Å². The molecule has 7 rings (SSSR count). The molecule has 3 aliphatic heterocycles. The Balaban J connectivity index is 0.000000182. The van der Waals surface area contributed by atoms with Crippen molar-refractivity contribution >= 4 is 52.1 Å². The molecule has 0 saturated heterocycles. The van der Waals surface area contributed by atoms with E-state index in [4.69, 9.17) is 0 Å². The van der Waals surface area contributed by atoms with Gasteiger partial charge in [0.2, 0.25) is 0 Å². The second-order valence-corrected chi connectivity index (χ2v) is 8.34. The van der Waals surface area contributed by atoms with Crippen LogP contribution in [0.3, 0.4) is 0 Å². The van der Waals surface area contributed by atoms with E-state index in [0.29, 0.717) is 0 Å². The molecular weight excluding hydrogens is 420 g/mol. The van der Waals surface area contributed by atoms with Crippen molar-refractivity contribution in [1.82, 2.24) is 25.3 Å². The zero-order chi connectivity index (χ0) is 22.7. The number of para-hydroxylation sites is 1. The van der Waals surface area contributed by atoms with Crippen LogP contribution < -0.4 is 10.6 Å². The van der Waals surface area contributed by atoms with Gasteiger partial charge in [0.15, 0.2) is 0 Å². The van der Waals surface area contributed by atoms with Crippen LogP contribution in [-0.2, 0) is 6.54 Å². The molecule has 4 N–H and O–H groups in total. The molecule has 1 aromatic carbocycles. The highest BCUT2D eigenvalue weighted by Gasteiger charge is 2.04. The summed E-state index contributed by atoms with van der Waals surface area (Å²) in [6.07, 6.45) is 8.05. The van der Waals surface area contributed by atoms with Crippen molar-refractivity contribution in [2.75, 3.05) is 12.0 Å². The minimum atomic E-state index is 0.886. The zero-order valence-electron chi connectivity index (χ0n) is 18.5. The van der Waals surface area contributed by atoms with Gasteiger partial charge in [-0.25, -0.2) is 9.97 Å². The number of nitrogens with one attached hydrogen (secondary N) is 4. The predicted octanol–water partition coefficient (Wildman–Crippen LogP) is 5.81. The second kappa shape index (κ2) is 8.84. The summed E-state index contributed by atoms with van der Waals surface area (Å²) in [6, 6.07) is 24.8. The Hall–Kier alpha value is -4.42. The van der Waals surface area contributed by atoms with Gasteiger partial charge in [0.05, 0.1) is 29.4 Å². The lowest BCUT2D eigenvalue weighted by Crippen LogP contribution is -2.27. The van der Waals surface area contributed by atoms with E-state index in [0.717, 1.165) is 58.1 Å². The third kappa shape index (κ3) is 4.53. The molecule has 3 aromatic heterocycles. The van der Waals surface area contributed by atoms with Crippen molar-refractivity contribution in [3.8, 4) is 0 Å². The van der Waals surface area contributed by atoms with Crippen LogP contribution in [0.25, 0.3) is 46.4 Å². The van der Waals surface area contributed by atoms with Gasteiger partial charge >= 0.3 is 0 Å². The van der Waals surface area contributed by atoms with Crippen LogP contribution in [0.1, 0.15) is 28.3 Å². The lowest BCUT2D eigenvalue weighted by atomic mass is 10.1. The van der Waals surface area contributed by atoms with E-state index in [1.54, 1.807) is 0 Å². The second-order valence-electron chi connectivity index (χ2n) is 8.34. The standard InChI is InChI=1S/C20H14N4.C8H10N2/c1-2-14-10-16-5-6-18(23-16)12-20-8-7-19(24-20)11-17-4-3-15(22-17)9-13(1)21-14;1-2-4-8-7(3-1)5-9-6-10-8/h1-12,21-22H;1-4,9-10H,5-6H2. The summed E-state index contributed by atoms with van der Waals surface area (Å²) in [6.45, 7) is 1.88. The summed E-state index contributed by atoms with van der Waals surface area (Å²) in [5.74, 6) is 0. The van der Waals surface area contributed by atoms with Crippen LogP contribution in [0, 0.1) is 0 Å². The first-order chi connectivity index (χ1) is 16.8. The average Bonchev–Trinajstić information content (AvgIpc) is 3.66. The van der Waals surface area contributed by atoms with E-state index in [2.05, 4.69) is 85.2 Å². The fraction of sp³-hybridized carbons (Fsp3) is 0.0714. The van der Waals surface area contributed by atoms with Crippen molar-refractivity contribution in [1.29, 1.82) is 0 Å². The third-order valence-electron chi connectivity index (χ3n) is 5.78. The largest absolute Gasteiger partial charge is 0.372 e. The van der Waals surface area contributed by atoms with Crippen molar-refractivity contribution in [2.45, 2.75) is 6.54 Å². The predicted molar refractivity (Wildman–Crippen MR) is 141 cm³/mol. The molecule has 0 spiro atoms. The smallest absolute Gasteiger partial charge is 0.0659 e. The van der Waals surface area contributed by atoms with Gasteiger partial charge in [0, 0.05) is 34.3 Å². The molecule has 0 saturated carbocycles. The average molecular weight is 445 g/mol. The van der Waals surface area contributed by atoms with E-state index in [1.807, 2.05) is 42.5 Å². The summed E-state index contributed by atoms with van der Waals surface area (Å²) in [7, 11) is 0. The number of hydrogen-bond acceptors (Lipinski definition) is 4. The van der Waals surface area contributed by atoms with Gasteiger partial charge in [-0.15, -0.1) is 0 Å². The minimum absolute atomic E-state index is 0.886. The summed E-state index contributed by atoms with van der Waals surface area (Å²) in [5, 5.41) is 6.48. The summed E-state index contributed by atoms with van der Waals surface area (Å²) < 4.78 is 0. The lowest BCUT2D eigenvalue weighted by Gasteiger charge is -2.18. The molecule has 0 fully saturated rings. The Kier molecular flexibility index (Phi) is 5.26. The van der Waals surface area contributed by atoms with Crippen LogP contribution in [0.15, 0.2) is 72.8 Å². The van der Waals surface area contributed by atoms with Crippen LogP contribution in [0.4, 0.5) is 5.69 Å². The van der Waals surface area contributed by atoms with Crippen molar-refractivity contribution in [2.24, 2.45) is 0 Å². The summed E-state index contributed by atoms with van der Waals surface area (Å²) >= 11 is 0. The van der Waals surface area contributed by atoms with Crippen molar-refractivity contribution < 1.29 is 0 Å². The maximum atomic E-state index is 4.62. The minimum Gasteiger partial charge on any atom is -0.372 e. The lowest BCUT2D eigenvalue weighted by molar-refractivity contribution is 0.709. The molecule has 0 amide bonds. The normalized spacial score (nSPS) is 13.5. The summed E-state index contributed by atoms with van der Waals surface area (Å²) in [5.41, 5.74) is 10.5. The van der Waals surface area contributed by atoms with Gasteiger partial charge < -0.3 is 15.3 Å². The van der Waals surface area contributed by atoms with Crippen LogP contribution in [0.2, 0.25) is 0 Å². The molecular formula is C28H24N6. The number of fused-ring (bicyclic) bond motifs is 9. The van der Waals surface area contributed by atoms with Gasteiger partial charge in [0.1, 0.15) is 0 Å². The topological polar surface area (TPSA) is 81.4 Å². The molecule has 34 heavy (non-hydrogen) atoms. The molecule has 6 nitrogen and oxygen atoms in total. The molecule has 0 aliphatic carbocycles. The Bertz CT molecular complexity index is 1460. The number of hydrogen-bond donors (Lipinski definition) is 4. The molecule has 6 heteroatoms. The van der Waals surface area contributed by atoms with Gasteiger partial charge in [0.25, 0.3) is 0 Å². The van der Waals surface area contributed by atoms with Crippen molar-refractivity contribution in [3.63, 3.8) is 0 Å². The van der Waals surface area contributed by atoms with Gasteiger partial charge in [-0.3, -0.25) is 5.32 Å². The number of rotatable bonds is 0. The third-order valence-corrected chi connectivity index (χ3v) is 5.78. The highest BCUT2D eigenvalue weighted by molar-refractivity contribution is 5.77. The maximum absolute atomic E-state index is 4.62. The number of nitrogens with zero attached hydrogens (tertiary/aromatic N) is 2. The molecule has 0 radical (unpaired) electrons. The Morgan fingerprint density at radius 1 is 0.559 bits per heavy atom.